The summed E-state index contributed by atoms with van der Waals surface area (Å²) >= 11 is 7.26. The second-order valence-corrected chi connectivity index (χ2v) is 6.67. The van der Waals surface area contributed by atoms with Gasteiger partial charge in [0.2, 0.25) is 0 Å². The molecule has 4 heteroatoms. The second kappa shape index (κ2) is 7.37. The maximum absolute atomic E-state index is 6.24. The van der Waals surface area contributed by atoms with Gasteiger partial charge < -0.3 is 9.15 Å². The minimum absolute atomic E-state index is 0.838. The topological polar surface area (TPSA) is 22.4 Å². The second-order valence-electron chi connectivity index (χ2n) is 5.09. The van der Waals surface area contributed by atoms with Gasteiger partial charge in [-0.05, 0) is 46.6 Å². The third kappa shape index (κ3) is 3.38. The van der Waals surface area contributed by atoms with Crippen LogP contribution in [0.5, 0.6) is 5.75 Å². The van der Waals surface area contributed by atoms with Crippen molar-refractivity contribution in [1.82, 2.24) is 0 Å². The lowest BCUT2D eigenvalue weighted by Gasteiger charge is -2.03. The highest BCUT2D eigenvalue weighted by molar-refractivity contribution is 9.10. The van der Waals surface area contributed by atoms with Crippen molar-refractivity contribution in [2.75, 3.05) is 12.4 Å². The highest BCUT2D eigenvalue weighted by atomic mass is 79.9. The normalized spacial score (nSPS) is 10.7. The van der Waals surface area contributed by atoms with Crippen LogP contribution in [0, 0.1) is 0 Å². The molecule has 0 aliphatic rings. The Balaban J connectivity index is 2.11. The molecular formula is C19H16Br2O2. The number of halogens is 2. The SMILES string of the molecule is COc1ccc(-c2oc(-c3ccccc3)c(Br)c2CCBr)cc1. The summed E-state index contributed by atoms with van der Waals surface area (Å²) < 4.78 is 12.5. The van der Waals surface area contributed by atoms with Gasteiger partial charge in [0, 0.05) is 22.0 Å². The van der Waals surface area contributed by atoms with Crippen molar-refractivity contribution in [3.8, 4) is 28.4 Å². The number of hydrogen-bond donors (Lipinski definition) is 0. The minimum atomic E-state index is 0.838. The van der Waals surface area contributed by atoms with Crippen molar-refractivity contribution < 1.29 is 9.15 Å². The van der Waals surface area contributed by atoms with Gasteiger partial charge in [-0.2, -0.15) is 0 Å². The van der Waals surface area contributed by atoms with Crippen LogP contribution in [0.3, 0.4) is 0 Å². The molecule has 0 fully saturated rings. The van der Waals surface area contributed by atoms with E-state index in [9.17, 15) is 0 Å². The molecule has 2 nitrogen and oxygen atoms in total. The number of hydrogen-bond acceptors (Lipinski definition) is 2. The first kappa shape index (κ1) is 16.3. The number of ether oxygens (including phenoxy) is 1. The van der Waals surface area contributed by atoms with E-state index in [0.29, 0.717) is 0 Å². The maximum Gasteiger partial charge on any atom is 0.149 e. The summed E-state index contributed by atoms with van der Waals surface area (Å²) in [6, 6.07) is 18.1. The molecule has 2 aromatic carbocycles. The Hall–Kier alpha value is -1.52. The fourth-order valence-corrected chi connectivity index (χ4v) is 3.60. The van der Waals surface area contributed by atoms with E-state index in [0.717, 1.165) is 44.6 Å². The summed E-state index contributed by atoms with van der Waals surface area (Å²) in [5.41, 5.74) is 3.28. The number of methoxy groups -OCH3 is 1. The summed E-state index contributed by atoms with van der Waals surface area (Å²) in [6.07, 6.45) is 0.887. The first-order chi connectivity index (χ1) is 11.2. The molecule has 0 bridgehead atoms. The maximum atomic E-state index is 6.24. The lowest BCUT2D eigenvalue weighted by Crippen LogP contribution is -1.88. The quantitative estimate of drug-likeness (QED) is 0.437. The van der Waals surface area contributed by atoms with Gasteiger partial charge in [-0.25, -0.2) is 0 Å². The zero-order chi connectivity index (χ0) is 16.2. The fourth-order valence-electron chi connectivity index (χ4n) is 2.51. The number of furan rings is 1. The molecule has 3 rings (SSSR count). The van der Waals surface area contributed by atoms with Gasteiger partial charge in [0.25, 0.3) is 0 Å². The van der Waals surface area contributed by atoms with E-state index in [1.54, 1.807) is 7.11 Å². The molecule has 1 heterocycles. The van der Waals surface area contributed by atoms with Crippen molar-refractivity contribution >= 4 is 31.9 Å². The zero-order valence-corrected chi connectivity index (χ0v) is 15.9. The van der Waals surface area contributed by atoms with Gasteiger partial charge in [0.05, 0.1) is 11.6 Å². The van der Waals surface area contributed by atoms with Gasteiger partial charge in [-0.3, -0.25) is 0 Å². The van der Waals surface area contributed by atoms with Gasteiger partial charge in [-0.1, -0.05) is 46.3 Å². The van der Waals surface area contributed by atoms with Gasteiger partial charge >= 0.3 is 0 Å². The van der Waals surface area contributed by atoms with E-state index in [4.69, 9.17) is 9.15 Å². The van der Waals surface area contributed by atoms with Crippen LogP contribution in [0.1, 0.15) is 5.56 Å². The summed E-state index contributed by atoms with van der Waals surface area (Å²) in [5, 5.41) is 0.877. The summed E-state index contributed by atoms with van der Waals surface area (Å²) in [5.74, 6) is 2.61. The zero-order valence-electron chi connectivity index (χ0n) is 12.7. The average Bonchev–Trinajstić information content (AvgIpc) is 2.93. The van der Waals surface area contributed by atoms with E-state index in [1.165, 1.54) is 5.56 Å². The summed E-state index contributed by atoms with van der Waals surface area (Å²) in [6.45, 7) is 0. The van der Waals surface area contributed by atoms with Crippen molar-refractivity contribution in [2.24, 2.45) is 0 Å². The first-order valence-corrected chi connectivity index (χ1v) is 9.23. The molecule has 0 radical (unpaired) electrons. The summed E-state index contributed by atoms with van der Waals surface area (Å²) in [4.78, 5) is 0. The Morgan fingerprint density at radius 1 is 0.913 bits per heavy atom. The molecular weight excluding hydrogens is 420 g/mol. The van der Waals surface area contributed by atoms with Gasteiger partial charge in [0.15, 0.2) is 0 Å². The molecule has 118 valence electrons. The van der Waals surface area contributed by atoms with Gasteiger partial charge in [0.1, 0.15) is 17.3 Å². The Bertz CT molecular complexity index is 777. The van der Waals surface area contributed by atoms with Gasteiger partial charge in [-0.15, -0.1) is 0 Å². The molecule has 3 aromatic rings. The Morgan fingerprint density at radius 2 is 1.57 bits per heavy atom. The van der Waals surface area contributed by atoms with Crippen molar-refractivity contribution in [3.63, 3.8) is 0 Å². The number of alkyl halides is 1. The molecule has 0 spiro atoms. The van der Waals surface area contributed by atoms with Crippen LogP contribution >= 0.6 is 31.9 Å². The molecule has 0 saturated carbocycles. The largest absolute Gasteiger partial charge is 0.497 e. The van der Waals surface area contributed by atoms with Crippen LogP contribution in [0.25, 0.3) is 22.6 Å². The molecule has 0 amide bonds. The molecule has 0 aliphatic carbocycles. The highest BCUT2D eigenvalue weighted by Crippen LogP contribution is 2.41. The average molecular weight is 436 g/mol. The number of benzene rings is 2. The number of rotatable bonds is 5. The highest BCUT2D eigenvalue weighted by Gasteiger charge is 2.20. The third-order valence-electron chi connectivity index (χ3n) is 3.68. The molecule has 23 heavy (non-hydrogen) atoms. The fraction of sp³-hybridized carbons (Fsp3) is 0.158. The van der Waals surface area contributed by atoms with Crippen LogP contribution in [0.4, 0.5) is 0 Å². The molecule has 0 aliphatic heterocycles. The van der Waals surface area contributed by atoms with E-state index >= 15 is 0 Å². The summed E-state index contributed by atoms with van der Waals surface area (Å²) in [7, 11) is 1.67. The van der Waals surface area contributed by atoms with Crippen molar-refractivity contribution in [2.45, 2.75) is 6.42 Å². The van der Waals surface area contributed by atoms with E-state index in [-0.39, 0.29) is 0 Å². The van der Waals surface area contributed by atoms with Crippen LogP contribution in [-0.4, -0.2) is 12.4 Å². The lowest BCUT2D eigenvalue weighted by molar-refractivity contribution is 0.415. The third-order valence-corrected chi connectivity index (χ3v) is 4.91. The predicted molar refractivity (Wildman–Crippen MR) is 101 cm³/mol. The molecule has 0 N–H and O–H groups in total. The Labute approximate surface area is 152 Å². The van der Waals surface area contributed by atoms with Crippen molar-refractivity contribution in [3.05, 3.63) is 64.6 Å². The standard InChI is InChI=1S/C19H16Br2O2/c1-22-15-9-7-14(8-10-15)18-16(11-12-20)17(21)19(23-18)13-5-3-2-4-6-13/h2-10H,11-12H2,1H3. The van der Waals surface area contributed by atoms with E-state index < -0.39 is 0 Å². The van der Waals surface area contributed by atoms with Crippen LogP contribution in [0.2, 0.25) is 0 Å². The van der Waals surface area contributed by atoms with Crippen molar-refractivity contribution in [1.29, 1.82) is 0 Å². The van der Waals surface area contributed by atoms with Crippen LogP contribution in [-0.2, 0) is 6.42 Å². The molecule has 0 unspecified atom stereocenters. The predicted octanol–water partition coefficient (Wildman–Crippen LogP) is 6.32. The molecule has 1 aromatic heterocycles. The lowest BCUT2D eigenvalue weighted by atomic mass is 10.1. The molecule has 0 atom stereocenters. The minimum Gasteiger partial charge on any atom is -0.497 e. The molecule has 0 saturated heterocycles. The monoisotopic (exact) mass is 434 g/mol. The Morgan fingerprint density at radius 3 is 2.17 bits per heavy atom. The Kier molecular flexibility index (Phi) is 5.23. The van der Waals surface area contributed by atoms with E-state index in [2.05, 4.69) is 44.0 Å². The first-order valence-electron chi connectivity index (χ1n) is 7.31. The van der Waals surface area contributed by atoms with Crippen LogP contribution < -0.4 is 4.74 Å². The smallest absolute Gasteiger partial charge is 0.149 e. The van der Waals surface area contributed by atoms with E-state index in [1.807, 2.05) is 42.5 Å². The van der Waals surface area contributed by atoms with Crippen LogP contribution in [0.15, 0.2) is 63.5 Å².